The smallest absolute Gasteiger partial charge is 0.0816 e. The van der Waals surface area contributed by atoms with Crippen LogP contribution < -0.4 is 9.80 Å². The largest absolute Gasteiger partial charge is 0.388 e. The van der Waals surface area contributed by atoms with Crippen LogP contribution in [0.15, 0.2) is 60.7 Å². The van der Waals surface area contributed by atoms with Crippen LogP contribution in [0.3, 0.4) is 0 Å². The topological polar surface area (TPSA) is 46.9 Å². The molecule has 0 aliphatic rings. The lowest BCUT2D eigenvalue weighted by Crippen LogP contribution is -2.48. The number of hydrogen-bond donors (Lipinski definition) is 2. The number of anilines is 2. The van der Waals surface area contributed by atoms with Gasteiger partial charge in [0.15, 0.2) is 0 Å². The molecule has 0 aromatic heterocycles. The van der Waals surface area contributed by atoms with Gasteiger partial charge in [0.1, 0.15) is 0 Å². The summed E-state index contributed by atoms with van der Waals surface area (Å²) in [6.45, 7) is 10.9. The monoisotopic (exact) mass is 412 g/mol. The van der Waals surface area contributed by atoms with E-state index in [2.05, 4.69) is 34.1 Å². The lowest BCUT2D eigenvalue weighted by molar-refractivity contribution is 0.0369. The molecular formula is C26H40N2O2. The van der Waals surface area contributed by atoms with Crippen molar-refractivity contribution in [3.63, 3.8) is 0 Å². The summed E-state index contributed by atoms with van der Waals surface area (Å²) in [4.78, 5) is 4.56. The number of nitrogens with zero attached hydrogens (tertiary/aromatic N) is 2. The number of para-hydroxylation sites is 2. The van der Waals surface area contributed by atoms with Crippen molar-refractivity contribution in [3.05, 3.63) is 60.7 Å². The molecule has 2 aromatic rings. The van der Waals surface area contributed by atoms with Gasteiger partial charge in [0.05, 0.1) is 11.2 Å². The molecular weight excluding hydrogens is 372 g/mol. The van der Waals surface area contributed by atoms with E-state index < -0.39 is 11.2 Å². The highest BCUT2D eigenvalue weighted by atomic mass is 16.3. The van der Waals surface area contributed by atoms with E-state index in [0.29, 0.717) is 13.1 Å². The third kappa shape index (κ3) is 6.75. The fourth-order valence-electron chi connectivity index (χ4n) is 3.78. The minimum atomic E-state index is -0.707. The van der Waals surface area contributed by atoms with E-state index in [1.54, 1.807) is 0 Å². The van der Waals surface area contributed by atoms with E-state index in [4.69, 9.17) is 0 Å². The molecule has 4 nitrogen and oxygen atoms in total. The lowest BCUT2D eigenvalue weighted by Gasteiger charge is -2.38. The quantitative estimate of drug-likeness (QED) is 0.480. The molecule has 4 heteroatoms. The van der Waals surface area contributed by atoms with E-state index in [-0.39, 0.29) is 0 Å². The Balaban J connectivity index is 2.25. The SMILES string of the molecule is CCC(O)(CC)CN(CCN(CC(O)(CC)CC)c1ccccc1)c1ccccc1. The van der Waals surface area contributed by atoms with Gasteiger partial charge in [0, 0.05) is 37.6 Å². The van der Waals surface area contributed by atoms with Crippen molar-refractivity contribution in [2.45, 2.75) is 64.6 Å². The second-order valence-corrected chi connectivity index (χ2v) is 8.38. The first-order valence-corrected chi connectivity index (χ1v) is 11.4. The standard InChI is InChI=1S/C26H40N2O2/c1-5-25(29,6-2)21-27(23-15-11-9-12-16-23)19-20-28(22-26(30,7-3)8-4)24-17-13-10-14-18-24/h9-18,29-30H,5-8,19-22H2,1-4H3. The van der Waals surface area contributed by atoms with Gasteiger partial charge in [-0.15, -0.1) is 0 Å². The number of benzene rings is 2. The van der Waals surface area contributed by atoms with Crippen LogP contribution in [0.4, 0.5) is 11.4 Å². The number of rotatable bonds is 13. The van der Waals surface area contributed by atoms with Crippen LogP contribution >= 0.6 is 0 Å². The Kier molecular flexibility index (Phi) is 9.19. The second-order valence-electron chi connectivity index (χ2n) is 8.38. The van der Waals surface area contributed by atoms with Gasteiger partial charge in [-0.05, 0) is 49.9 Å². The van der Waals surface area contributed by atoms with Gasteiger partial charge in [-0.25, -0.2) is 0 Å². The Morgan fingerprint density at radius 2 is 0.867 bits per heavy atom. The second kappa shape index (κ2) is 11.4. The van der Waals surface area contributed by atoms with Gasteiger partial charge < -0.3 is 20.0 Å². The van der Waals surface area contributed by atoms with Crippen molar-refractivity contribution in [1.82, 2.24) is 0 Å². The predicted octanol–water partition coefficient (Wildman–Crippen LogP) is 5.10. The predicted molar refractivity (Wildman–Crippen MR) is 128 cm³/mol. The third-order valence-electron chi connectivity index (χ3n) is 6.49. The van der Waals surface area contributed by atoms with Crippen molar-refractivity contribution in [2.75, 3.05) is 36.0 Å². The Labute approximate surface area is 183 Å². The van der Waals surface area contributed by atoms with Crippen LogP contribution in [0.2, 0.25) is 0 Å². The van der Waals surface area contributed by atoms with Crippen LogP contribution in [-0.4, -0.2) is 47.6 Å². The zero-order chi connectivity index (χ0) is 22.0. The van der Waals surface area contributed by atoms with Crippen molar-refractivity contribution < 1.29 is 10.2 Å². The maximum absolute atomic E-state index is 11.0. The zero-order valence-electron chi connectivity index (χ0n) is 19.2. The average molecular weight is 413 g/mol. The maximum Gasteiger partial charge on any atom is 0.0816 e. The zero-order valence-corrected chi connectivity index (χ0v) is 19.2. The van der Waals surface area contributed by atoms with Crippen molar-refractivity contribution >= 4 is 11.4 Å². The molecule has 0 heterocycles. The molecule has 30 heavy (non-hydrogen) atoms. The van der Waals surface area contributed by atoms with E-state index in [1.165, 1.54) is 0 Å². The Hall–Kier alpha value is -2.04. The molecule has 0 aliphatic heterocycles. The third-order valence-corrected chi connectivity index (χ3v) is 6.49. The Bertz CT molecular complexity index is 649. The molecule has 0 bridgehead atoms. The van der Waals surface area contributed by atoms with E-state index >= 15 is 0 Å². The summed E-state index contributed by atoms with van der Waals surface area (Å²) in [5, 5.41) is 22.0. The minimum Gasteiger partial charge on any atom is -0.388 e. The molecule has 0 aliphatic carbocycles. The van der Waals surface area contributed by atoms with E-state index in [0.717, 1.165) is 50.1 Å². The highest BCUT2D eigenvalue weighted by Crippen LogP contribution is 2.24. The van der Waals surface area contributed by atoms with Crippen LogP contribution in [0.1, 0.15) is 53.4 Å². The van der Waals surface area contributed by atoms with Crippen molar-refractivity contribution in [1.29, 1.82) is 0 Å². The highest BCUT2D eigenvalue weighted by molar-refractivity contribution is 5.49. The summed E-state index contributed by atoms with van der Waals surface area (Å²) in [5.41, 5.74) is 0.821. The first kappa shape index (κ1) is 24.2. The molecule has 0 amide bonds. The fourth-order valence-corrected chi connectivity index (χ4v) is 3.78. The van der Waals surface area contributed by atoms with Crippen LogP contribution in [0, 0.1) is 0 Å². The van der Waals surface area contributed by atoms with Gasteiger partial charge in [0.25, 0.3) is 0 Å². The van der Waals surface area contributed by atoms with Crippen molar-refractivity contribution in [2.24, 2.45) is 0 Å². The lowest BCUT2D eigenvalue weighted by atomic mass is 9.96. The molecule has 0 unspecified atom stereocenters. The highest BCUT2D eigenvalue weighted by Gasteiger charge is 2.28. The molecule has 0 fully saturated rings. The first-order valence-electron chi connectivity index (χ1n) is 11.4. The molecule has 0 saturated heterocycles. The summed E-state index contributed by atoms with van der Waals surface area (Å²) in [7, 11) is 0. The molecule has 0 saturated carbocycles. The molecule has 2 rings (SSSR count). The van der Waals surface area contributed by atoms with Gasteiger partial charge in [0.2, 0.25) is 0 Å². The van der Waals surface area contributed by atoms with Crippen LogP contribution in [0.25, 0.3) is 0 Å². The van der Waals surface area contributed by atoms with Gasteiger partial charge >= 0.3 is 0 Å². The summed E-state index contributed by atoms with van der Waals surface area (Å²) in [5.74, 6) is 0. The summed E-state index contributed by atoms with van der Waals surface area (Å²) < 4.78 is 0. The molecule has 0 spiro atoms. The van der Waals surface area contributed by atoms with Gasteiger partial charge in [-0.1, -0.05) is 64.1 Å². The maximum atomic E-state index is 11.0. The number of hydrogen-bond acceptors (Lipinski definition) is 4. The molecule has 166 valence electrons. The molecule has 0 radical (unpaired) electrons. The van der Waals surface area contributed by atoms with E-state index in [1.807, 2.05) is 64.1 Å². The average Bonchev–Trinajstić information content (AvgIpc) is 2.81. The summed E-state index contributed by atoms with van der Waals surface area (Å²) in [6.07, 6.45) is 2.89. The van der Waals surface area contributed by atoms with Crippen molar-refractivity contribution in [3.8, 4) is 0 Å². The molecule has 0 atom stereocenters. The molecule has 2 aromatic carbocycles. The first-order chi connectivity index (χ1) is 14.4. The summed E-state index contributed by atoms with van der Waals surface area (Å²) >= 11 is 0. The number of aliphatic hydroxyl groups is 2. The van der Waals surface area contributed by atoms with Gasteiger partial charge in [-0.3, -0.25) is 0 Å². The minimum absolute atomic E-state index is 0.596. The fraction of sp³-hybridized carbons (Fsp3) is 0.538. The Morgan fingerprint density at radius 1 is 0.567 bits per heavy atom. The summed E-state index contributed by atoms with van der Waals surface area (Å²) in [6, 6.07) is 20.6. The molecule has 2 N–H and O–H groups in total. The van der Waals surface area contributed by atoms with E-state index in [9.17, 15) is 10.2 Å². The van der Waals surface area contributed by atoms with Crippen LogP contribution in [-0.2, 0) is 0 Å². The van der Waals surface area contributed by atoms with Gasteiger partial charge in [-0.2, -0.15) is 0 Å². The Morgan fingerprint density at radius 3 is 1.13 bits per heavy atom. The van der Waals surface area contributed by atoms with Crippen LogP contribution in [0.5, 0.6) is 0 Å². The normalized spacial score (nSPS) is 12.1.